The van der Waals surface area contributed by atoms with Gasteiger partial charge in [0.05, 0.1) is 10.6 Å². The number of carbonyl (C=O) groups excluding carboxylic acids is 2. The molecule has 1 atom stereocenters. The number of para-hydroxylation sites is 1. The molecule has 1 fully saturated rings. The average molecular weight is 642 g/mol. The van der Waals surface area contributed by atoms with Gasteiger partial charge in [0.25, 0.3) is 10.0 Å². The Morgan fingerprint density at radius 3 is 2.09 bits per heavy atom. The van der Waals surface area contributed by atoms with Gasteiger partial charge in [-0.3, -0.25) is 13.9 Å². The van der Waals surface area contributed by atoms with Crippen LogP contribution in [0.25, 0.3) is 0 Å². The molecule has 1 N–H and O–H groups in total. The fourth-order valence-electron chi connectivity index (χ4n) is 5.87. The number of sulfonamides is 1. The number of aryl methyl sites for hydroxylation is 1. The summed E-state index contributed by atoms with van der Waals surface area (Å²) in [5, 5.41) is 3.16. The number of hydrogen-bond acceptors (Lipinski definition) is 4. The molecule has 2 amide bonds. The first-order valence-corrected chi connectivity index (χ1v) is 17.2. The lowest BCUT2D eigenvalue weighted by atomic mass is 9.94. The molecule has 0 saturated heterocycles. The van der Waals surface area contributed by atoms with Crippen molar-refractivity contribution in [1.29, 1.82) is 0 Å². The zero-order valence-electron chi connectivity index (χ0n) is 26.0. The maximum absolute atomic E-state index is 15.1. The third-order valence-corrected chi connectivity index (χ3v) is 10.2. The Morgan fingerprint density at radius 1 is 0.826 bits per heavy atom. The van der Waals surface area contributed by atoms with Crippen LogP contribution in [0.5, 0.6) is 0 Å². The summed E-state index contributed by atoms with van der Waals surface area (Å²) in [5.41, 5.74) is 2.25. The van der Waals surface area contributed by atoms with Crippen LogP contribution in [0.1, 0.15) is 48.8 Å². The number of anilines is 1. The molecule has 0 radical (unpaired) electrons. The Hall–Kier alpha value is -4.50. The highest BCUT2D eigenvalue weighted by Crippen LogP contribution is 2.26. The molecule has 240 valence electrons. The molecule has 0 aromatic heterocycles. The monoisotopic (exact) mass is 641 g/mol. The number of hydrogen-bond donors (Lipinski definition) is 1. The lowest BCUT2D eigenvalue weighted by Gasteiger charge is -2.35. The number of halogens is 1. The van der Waals surface area contributed by atoms with Gasteiger partial charge in [0.2, 0.25) is 11.8 Å². The summed E-state index contributed by atoms with van der Waals surface area (Å²) in [6.07, 6.45) is 5.01. The topological polar surface area (TPSA) is 86.8 Å². The van der Waals surface area contributed by atoms with Crippen LogP contribution in [-0.4, -0.2) is 43.8 Å². The molecular formula is C37H40FN3O4S. The van der Waals surface area contributed by atoms with E-state index in [0.29, 0.717) is 5.69 Å². The predicted octanol–water partition coefficient (Wildman–Crippen LogP) is 6.42. The molecule has 1 aliphatic rings. The Kier molecular flexibility index (Phi) is 10.9. The third-order valence-electron chi connectivity index (χ3n) is 8.45. The first-order valence-electron chi connectivity index (χ1n) is 15.7. The van der Waals surface area contributed by atoms with Crippen LogP contribution in [0, 0.1) is 12.7 Å². The minimum Gasteiger partial charge on any atom is -0.352 e. The minimum absolute atomic E-state index is 0.0207. The van der Waals surface area contributed by atoms with Crippen LogP contribution in [0.15, 0.2) is 114 Å². The SMILES string of the molecule is Cc1ccc(S(=O)(=O)N(CC(=O)N(Cc2ccccc2F)C(Cc2ccccc2)C(=O)NC2CCCCC2)c2ccccc2)cc1. The van der Waals surface area contributed by atoms with Gasteiger partial charge in [-0.2, -0.15) is 0 Å². The zero-order chi connectivity index (χ0) is 32.5. The highest BCUT2D eigenvalue weighted by molar-refractivity contribution is 7.92. The van der Waals surface area contributed by atoms with Gasteiger partial charge in [0.15, 0.2) is 0 Å². The van der Waals surface area contributed by atoms with Crippen LogP contribution in [0.2, 0.25) is 0 Å². The molecule has 1 aliphatic carbocycles. The summed E-state index contributed by atoms with van der Waals surface area (Å²) in [6.45, 7) is 1.06. The van der Waals surface area contributed by atoms with Gasteiger partial charge in [-0.25, -0.2) is 12.8 Å². The van der Waals surface area contributed by atoms with E-state index in [4.69, 9.17) is 0 Å². The molecular weight excluding hydrogens is 601 g/mol. The summed E-state index contributed by atoms with van der Waals surface area (Å²) in [4.78, 5) is 30.0. The van der Waals surface area contributed by atoms with E-state index in [-0.39, 0.29) is 35.4 Å². The molecule has 9 heteroatoms. The van der Waals surface area contributed by atoms with E-state index in [2.05, 4.69) is 5.32 Å². The van der Waals surface area contributed by atoms with E-state index in [1.165, 1.54) is 23.1 Å². The number of benzene rings is 4. The van der Waals surface area contributed by atoms with Gasteiger partial charge in [0, 0.05) is 24.6 Å². The quantitative estimate of drug-likeness (QED) is 0.194. The first kappa shape index (κ1) is 32.9. The summed E-state index contributed by atoms with van der Waals surface area (Å²) in [6, 6.07) is 29.3. The van der Waals surface area contributed by atoms with Crippen LogP contribution >= 0.6 is 0 Å². The molecule has 0 heterocycles. The van der Waals surface area contributed by atoms with Gasteiger partial charge < -0.3 is 10.2 Å². The molecule has 4 aromatic carbocycles. The fraction of sp³-hybridized carbons (Fsp3) is 0.297. The van der Waals surface area contributed by atoms with E-state index in [9.17, 15) is 18.0 Å². The summed E-state index contributed by atoms with van der Waals surface area (Å²) >= 11 is 0. The van der Waals surface area contributed by atoms with Crippen molar-refractivity contribution < 1.29 is 22.4 Å². The molecule has 7 nitrogen and oxygen atoms in total. The van der Waals surface area contributed by atoms with Crippen LogP contribution in [-0.2, 0) is 32.6 Å². The van der Waals surface area contributed by atoms with Gasteiger partial charge >= 0.3 is 0 Å². The molecule has 4 aromatic rings. The molecule has 0 spiro atoms. The second-order valence-electron chi connectivity index (χ2n) is 11.8. The highest BCUT2D eigenvalue weighted by Gasteiger charge is 2.35. The van der Waals surface area contributed by atoms with Crippen molar-refractivity contribution in [3.05, 3.63) is 132 Å². The van der Waals surface area contributed by atoms with Gasteiger partial charge in [0.1, 0.15) is 18.4 Å². The van der Waals surface area contributed by atoms with Gasteiger partial charge in [-0.05, 0) is 55.7 Å². The Bertz CT molecular complexity index is 1710. The van der Waals surface area contributed by atoms with Gasteiger partial charge in [-0.15, -0.1) is 0 Å². The smallest absolute Gasteiger partial charge is 0.264 e. The maximum atomic E-state index is 15.1. The number of carbonyl (C=O) groups is 2. The molecule has 0 aliphatic heterocycles. The summed E-state index contributed by atoms with van der Waals surface area (Å²) < 4.78 is 44.3. The maximum Gasteiger partial charge on any atom is 0.264 e. The lowest BCUT2D eigenvalue weighted by Crippen LogP contribution is -2.55. The predicted molar refractivity (Wildman–Crippen MR) is 178 cm³/mol. The highest BCUT2D eigenvalue weighted by atomic mass is 32.2. The van der Waals surface area contributed by atoms with Crippen molar-refractivity contribution >= 4 is 27.5 Å². The van der Waals surface area contributed by atoms with E-state index in [0.717, 1.165) is 47.5 Å². The van der Waals surface area contributed by atoms with E-state index in [1.807, 2.05) is 37.3 Å². The van der Waals surface area contributed by atoms with Crippen molar-refractivity contribution in [1.82, 2.24) is 10.2 Å². The summed E-state index contributed by atoms with van der Waals surface area (Å²) in [7, 11) is -4.20. The van der Waals surface area contributed by atoms with Crippen LogP contribution < -0.4 is 9.62 Å². The average Bonchev–Trinajstić information content (AvgIpc) is 3.07. The lowest BCUT2D eigenvalue weighted by molar-refractivity contribution is -0.140. The number of rotatable bonds is 12. The second kappa shape index (κ2) is 15.2. The van der Waals surface area contributed by atoms with E-state index < -0.39 is 34.3 Å². The molecule has 1 unspecified atom stereocenters. The largest absolute Gasteiger partial charge is 0.352 e. The van der Waals surface area contributed by atoms with Crippen molar-refractivity contribution in [2.75, 3.05) is 10.8 Å². The number of amides is 2. The normalized spacial score (nSPS) is 14.3. The van der Waals surface area contributed by atoms with Crippen molar-refractivity contribution in [3.63, 3.8) is 0 Å². The Balaban J connectivity index is 1.55. The third kappa shape index (κ3) is 8.20. The van der Waals surface area contributed by atoms with Crippen molar-refractivity contribution in [3.8, 4) is 0 Å². The van der Waals surface area contributed by atoms with Gasteiger partial charge in [-0.1, -0.05) is 104 Å². The molecule has 5 rings (SSSR count). The Morgan fingerprint density at radius 2 is 1.43 bits per heavy atom. The Labute approximate surface area is 271 Å². The fourth-order valence-corrected chi connectivity index (χ4v) is 7.28. The van der Waals surface area contributed by atoms with Crippen LogP contribution in [0.3, 0.4) is 0 Å². The van der Waals surface area contributed by atoms with E-state index >= 15 is 4.39 Å². The zero-order valence-corrected chi connectivity index (χ0v) is 26.8. The molecule has 46 heavy (non-hydrogen) atoms. The molecule has 1 saturated carbocycles. The summed E-state index contributed by atoms with van der Waals surface area (Å²) in [5.74, 6) is -1.48. The number of nitrogens with zero attached hydrogens (tertiary/aromatic N) is 2. The standard InChI is InChI=1S/C37H40FN3O4S/c1-28-21-23-33(24-22-28)46(44,45)41(32-18-9-4-10-19-32)27-36(42)40(26-30-15-11-12-20-34(30)38)35(25-29-13-5-2-6-14-29)37(43)39-31-16-7-3-8-17-31/h2,4-6,9-15,18-24,31,35H,3,7-8,16-17,25-27H2,1H3,(H,39,43). The van der Waals surface area contributed by atoms with Crippen molar-refractivity contribution in [2.45, 2.75) is 69.0 Å². The van der Waals surface area contributed by atoms with Crippen molar-refractivity contribution in [2.24, 2.45) is 0 Å². The molecule has 0 bridgehead atoms. The second-order valence-corrected chi connectivity index (χ2v) is 13.7. The number of nitrogens with one attached hydrogen (secondary N) is 1. The first-order chi connectivity index (χ1) is 22.2. The van der Waals surface area contributed by atoms with Crippen LogP contribution in [0.4, 0.5) is 10.1 Å². The minimum atomic E-state index is -4.20. The van der Waals surface area contributed by atoms with E-state index in [1.54, 1.807) is 60.7 Å².